The Hall–Kier alpha value is -0.0100. The molecule has 0 fully saturated rings. The fourth-order valence-corrected chi connectivity index (χ4v) is 1.31. The van der Waals surface area contributed by atoms with Gasteiger partial charge in [-0.3, -0.25) is 0 Å². The first-order valence-corrected chi connectivity index (χ1v) is 4.02. The first-order chi connectivity index (χ1) is 4.58. The fraction of sp³-hybridized carbons (Fsp3) is 0.778. The Morgan fingerprint density at radius 2 is 2.00 bits per heavy atom. The Morgan fingerprint density at radius 1 is 1.36 bits per heavy atom. The summed E-state index contributed by atoms with van der Waals surface area (Å²) >= 11 is 0. The highest BCUT2D eigenvalue weighted by Gasteiger charge is 2.16. The Bertz CT molecular complexity index is 135. The van der Waals surface area contributed by atoms with Crippen LogP contribution in [0.4, 0.5) is 0 Å². The van der Waals surface area contributed by atoms with E-state index in [4.69, 9.17) is 0 Å². The summed E-state index contributed by atoms with van der Waals surface area (Å²) in [5.41, 5.74) is 0.263. The van der Waals surface area contributed by atoms with Crippen LogP contribution < -0.4 is 5.32 Å². The molecule has 0 radical (unpaired) electrons. The van der Waals surface area contributed by atoms with E-state index in [1.165, 1.54) is 12.8 Å². The molecule has 0 spiro atoms. The predicted molar refractivity (Wildman–Crippen MR) is 52.3 cm³/mol. The number of halogens is 1. The van der Waals surface area contributed by atoms with Crippen molar-refractivity contribution in [1.82, 2.24) is 5.32 Å². The molecule has 0 bridgehead atoms. The van der Waals surface area contributed by atoms with Gasteiger partial charge >= 0.3 is 0 Å². The van der Waals surface area contributed by atoms with Gasteiger partial charge < -0.3 is 5.32 Å². The van der Waals surface area contributed by atoms with Gasteiger partial charge in [0.2, 0.25) is 0 Å². The third-order valence-electron chi connectivity index (χ3n) is 1.63. The first kappa shape index (κ1) is 11.0. The minimum absolute atomic E-state index is 0. The highest BCUT2D eigenvalue weighted by molar-refractivity contribution is 5.85. The molecule has 1 nitrogen and oxygen atoms in total. The summed E-state index contributed by atoms with van der Waals surface area (Å²) in [6.07, 6.45) is 7.04. The topological polar surface area (TPSA) is 12.0 Å². The lowest BCUT2D eigenvalue weighted by molar-refractivity contribution is 0.388. The summed E-state index contributed by atoms with van der Waals surface area (Å²) in [7, 11) is 0. The molecule has 1 atom stereocenters. The van der Waals surface area contributed by atoms with Gasteiger partial charge in [0, 0.05) is 11.6 Å². The monoisotopic (exact) mass is 175 g/mol. The van der Waals surface area contributed by atoms with Crippen molar-refractivity contribution >= 4 is 12.4 Å². The molecule has 0 aromatic carbocycles. The van der Waals surface area contributed by atoms with Crippen LogP contribution in [0.5, 0.6) is 0 Å². The Balaban J connectivity index is 0.000001000. The molecule has 0 aromatic heterocycles. The van der Waals surface area contributed by atoms with Gasteiger partial charge in [0.15, 0.2) is 0 Å². The quantitative estimate of drug-likeness (QED) is 0.604. The summed E-state index contributed by atoms with van der Waals surface area (Å²) in [6.45, 7) is 6.62. The van der Waals surface area contributed by atoms with E-state index in [1.807, 2.05) is 0 Å². The maximum absolute atomic E-state index is 3.53. The third-order valence-corrected chi connectivity index (χ3v) is 1.63. The maximum Gasteiger partial charge on any atom is 0.0257 e. The molecule has 1 aliphatic carbocycles. The number of hydrogen-bond acceptors (Lipinski definition) is 1. The average Bonchev–Trinajstić information content (AvgIpc) is 2.12. The fourth-order valence-electron chi connectivity index (χ4n) is 1.31. The molecule has 0 heterocycles. The van der Waals surface area contributed by atoms with Crippen LogP contribution in [-0.4, -0.2) is 11.6 Å². The molecule has 1 N–H and O–H groups in total. The molecule has 1 rings (SSSR count). The number of nitrogens with one attached hydrogen (secondary N) is 1. The van der Waals surface area contributed by atoms with E-state index in [-0.39, 0.29) is 17.9 Å². The van der Waals surface area contributed by atoms with Crippen molar-refractivity contribution in [1.29, 1.82) is 0 Å². The van der Waals surface area contributed by atoms with Gasteiger partial charge in [-0.15, -0.1) is 12.4 Å². The number of rotatable bonds is 1. The van der Waals surface area contributed by atoms with Crippen LogP contribution >= 0.6 is 12.4 Å². The van der Waals surface area contributed by atoms with Gasteiger partial charge in [0.1, 0.15) is 0 Å². The molecule has 0 saturated heterocycles. The second kappa shape index (κ2) is 4.13. The second-order valence-electron chi connectivity index (χ2n) is 4.01. The SMILES string of the molecule is CC(C)(C)NC1C=CCC1.Cl. The van der Waals surface area contributed by atoms with Crippen LogP contribution in [0.3, 0.4) is 0 Å². The molecular formula is C9H18ClN. The number of allylic oxidation sites excluding steroid dienone is 1. The molecule has 1 unspecified atom stereocenters. The summed E-state index contributed by atoms with van der Waals surface area (Å²) in [5.74, 6) is 0. The van der Waals surface area contributed by atoms with Crippen LogP contribution in [0, 0.1) is 0 Å². The summed E-state index contributed by atoms with van der Waals surface area (Å²) in [5, 5.41) is 3.53. The summed E-state index contributed by atoms with van der Waals surface area (Å²) in [4.78, 5) is 0. The average molecular weight is 176 g/mol. The normalized spacial score (nSPS) is 23.4. The van der Waals surface area contributed by atoms with Crippen molar-refractivity contribution < 1.29 is 0 Å². The van der Waals surface area contributed by atoms with Crippen LogP contribution in [0.25, 0.3) is 0 Å². The zero-order valence-electron chi connectivity index (χ0n) is 7.55. The Kier molecular flexibility index (Phi) is 4.12. The number of hydrogen-bond donors (Lipinski definition) is 1. The van der Waals surface area contributed by atoms with E-state index >= 15 is 0 Å². The van der Waals surface area contributed by atoms with E-state index in [2.05, 4.69) is 38.2 Å². The summed E-state index contributed by atoms with van der Waals surface area (Å²) < 4.78 is 0. The molecule has 1 aliphatic rings. The molecule has 11 heavy (non-hydrogen) atoms. The van der Waals surface area contributed by atoms with Gasteiger partial charge in [0.05, 0.1) is 0 Å². The van der Waals surface area contributed by atoms with Gasteiger partial charge in [0.25, 0.3) is 0 Å². The Morgan fingerprint density at radius 3 is 2.36 bits per heavy atom. The van der Waals surface area contributed by atoms with Crippen molar-refractivity contribution in [2.24, 2.45) is 0 Å². The zero-order valence-corrected chi connectivity index (χ0v) is 8.37. The van der Waals surface area contributed by atoms with E-state index in [0.717, 1.165) is 0 Å². The van der Waals surface area contributed by atoms with Gasteiger partial charge in [-0.25, -0.2) is 0 Å². The standard InChI is InChI=1S/C9H17N.ClH/c1-9(2,3)10-8-6-4-5-7-8;/h4,6,8,10H,5,7H2,1-3H3;1H. The lowest BCUT2D eigenvalue weighted by Gasteiger charge is -2.24. The van der Waals surface area contributed by atoms with Crippen molar-refractivity contribution in [3.8, 4) is 0 Å². The van der Waals surface area contributed by atoms with Crippen molar-refractivity contribution in [2.75, 3.05) is 0 Å². The minimum atomic E-state index is 0. The van der Waals surface area contributed by atoms with Crippen molar-refractivity contribution in [3.63, 3.8) is 0 Å². The van der Waals surface area contributed by atoms with E-state index < -0.39 is 0 Å². The van der Waals surface area contributed by atoms with Crippen molar-refractivity contribution in [2.45, 2.75) is 45.2 Å². The highest BCUT2D eigenvalue weighted by atomic mass is 35.5. The largest absolute Gasteiger partial charge is 0.306 e. The van der Waals surface area contributed by atoms with Crippen LogP contribution in [0.1, 0.15) is 33.6 Å². The van der Waals surface area contributed by atoms with E-state index in [1.54, 1.807) is 0 Å². The maximum atomic E-state index is 3.53. The van der Waals surface area contributed by atoms with Crippen molar-refractivity contribution in [3.05, 3.63) is 12.2 Å². The molecule has 0 amide bonds. The van der Waals surface area contributed by atoms with Gasteiger partial charge in [-0.05, 0) is 33.6 Å². The molecule has 0 aromatic rings. The molecule has 66 valence electrons. The minimum Gasteiger partial charge on any atom is -0.306 e. The molecule has 2 heteroatoms. The molecular weight excluding hydrogens is 158 g/mol. The smallest absolute Gasteiger partial charge is 0.0257 e. The van der Waals surface area contributed by atoms with E-state index in [9.17, 15) is 0 Å². The lowest BCUT2D eigenvalue weighted by atomic mass is 10.1. The van der Waals surface area contributed by atoms with Crippen LogP contribution in [0.15, 0.2) is 12.2 Å². The summed E-state index contributed by atoms with van der Waals surface area (Å²) in [6, 6.07) is 0.625. The van der Waals surface area contributed by atoms with Gasteiger partial charge in [-0.1, -0.05) is 12.2 Å². The zero-order chi connectivity index (χ0) is 7.61. The third kappa shape index (κ3) is 4.44. The second-order valence-corrected chi connectivity index (χ2v) is 4.01. The van der Waals surface area contributed by atoms with Gasteiger partial charge in [-0.2, -0.15) is 0 Å². The van der Waals surface area contributed by atoms with Crippen LogP contribution in [0.2, 0.25) is 0 Å². The predicted octanol–water partition coefficient (Wildman–Crippen LogP) is 2.51. The first-order valence-electron chi connectivity index (χ1n) is 4.02. The Labute approximate surface area is 75.7 Å². The van der Waals surface area contributed by atoms with E-state index in [0.29, 0.717) is 6.04 Å². The molecule has 0 saturated carbocycles. The lowest BCUT2D eigenvalue weighted by Crippen LogP contribution is -2.41. The van der Waals surface area contributed by atoms with Crippen LogP contribution in [-0.2, 0) is 0 Å². The molecule has 0 aliphatic heterocycles. The highest BCUT2D eigenvalue weighted by Crippen LogP contribution is 2.12.